The summed E-state index contributed by atoms with van der Waals surface area (Å²) < 4.78 is 4.82. The number of benzene rings is 1. The average molecular weight is 227 g/mol. The van der Waals surface area contributed by atoms with Gasteiger partial charge in [0.1, 0.15) is 11.1 Å². The van der Waals surface area contributed by atoms with E-state index in [0.717, 1.165) is 0 Å². The third-order valence-corrected chi connectivity index (χ3v) is 1.87. The molecule has 0 unspecified atom stereocenters. The van der Waals surface area contributed by atoms with Crippen molar-refractivity contribution < 1.29 is 14.3 Å². The number of carbonyl (C=O) groups is 1. The largest absolute Gasteiger partial charge is 0.477 e. The van der Waals surface area contributed by atoms with E-state index >= 15 is 0 Å². The van der Waals surface area contributed by atoms with Crippen LogP contribution in [0.4, 0.5) is 0 Å². The molecule has 1 aromatic carbocycles. The molecular formula is C10H7ClO4. The highest BCUT2D eigenvalue weighted by atomic mass is 35.5. The van der Waals surface area contributed by atoms with Crippen LogP contribution in [0.5, 0.6) is 0 Å². The lowest BCUT2D eigenvalue weighted by Crippen LogP contribution is -2.12. The number of para-hydroxylation sites is 1. The van der Waals surface area contributed by atoms with Crippen molar-refractivity contribution >= 4 is 29.3 Å². The Morgan fingerprint density at radius 1 is 1.27 bits per heavy atom. The molecule has 0 amide bonds. The molecule has 4 nitrogen and oxygen atoms in total. The molecule has 1 N–H and O–H groups in total. The maximum atomic E-state index is 11.1. The molecule has 0 bridgehead atoms. The highest BCUT2D eigenvalue weighted by molar-refractivity contribution is 5.91. The first-order valence-electron chi connectivity index (χ1n) is 3.94. The van der Waals surface area contributed by atoms with Gasteiger partial charge in [-0.25, -0.2) is 9.59 Å². The number of carboxylic acid groups (broad SMARTS) is 1. The van der Waals surface area contributed by atoms with Crippen LogP contribution < -0.4 is 5.63 Å². The van der Waals surface area contributed by atoms with Crippen molar-refractivity contribution in [2.45, 2.75) is 0 Å². The van der Waals surface area contributed by atoms with Crippen molar-refractivity contribution in [3.63, 3.8) is 0 Å². The summed E-state index contributed by atoms with van der Waals surface area (Å²) in [5, 5.41) is 9.27. The van der Waals surface area contributed by atoms with E-state index in [1.54, 1.807) is 24.3 Å². The molecule has 2 rings (SSSR count). The molecule has 0 radical (unpaired) electrons. The molecule has 1 aromatic heterocycles. The molecule has 0 aliphatic rings. The summed E-state index contributed by atoms with van der Waals surface area (Å²) in [5.74, 6) is -1.27. The summed E-state index contributed by atoms with van der Waals surface area (Å²) in [6, 6.07) is 8.07. The Bertz CT molecular complexity index is 559. The van der Waals surface area contributed by atoms with Crippen LogP contribution in [-0.4, -0.2) is 11.1 Å². The second-order valence-corrected chi connectivity index (χ2v) is 2.79. The van der Waals surface area contributed by atoms with Crippen LogP contribution in [0.3, 0.4) is 0 Å². The molecule has 0 atom stereocenters. The summed E-state index contributed by atoms with van der Waals surface area (Å²) in [4.78, 5) is 21.7. The number of halogens is 1. The number of fused-ring (bicyclic) bond motifs is 1. The fraction of sp³-hybridized carbons (Fsp3) is 0. The second-order valence-electron chi connectivity index (χ2n) is 2.79. The quantitative estimate of drug-likeness (QED) is 0.755. The lowest BCUT2D eigenvalue weighted by Gasteiger charge is -1.96. The third kappa shape index (κ3) is 1.99. The van der Waals surface area contributed by atoms with E-state index < -0.39 is 11.6 Å². The van der Waals surface area contributed by atoms with Gasteiger partial charge in [-0.1, -0.05) is 18.2 Å². The van der Waals surface area contributed by atoms with Crippen LogP contribution in [-0.2, 0) is 0 Å². The van der Waals surface area contributed by atoms with Crippen LogP contribution in [0.25, 0.3) is 11.0 Å². The zero-order valence-corrected chi connectivity index (χ0v) is 8.28. The van der Waals surface area contributed by atoms with Gasteiger partial charge in [0.05, 0.1) is 0 Å². The summed E-state index contributed by atoms with van der Waals surface area (Å²) in [7, 11) is 0. The average Bonchev–Trinajstić information content (AvgIpc) is 2.16. The fourth-order valence-corrected chi connectivity index (χ4v) is 1.21. The second kappa shape index (κ2) is 4.14. The molecule has 5 heteroatoms. The van der Waals surface area contributed by atoms with Gasteiger partial charge in [0, 0.05) is 5.39 Å². The predicted molar refractivity (Wildman–Crippen MR) is 56.7 cm³/mol. The first-order chi connectivity index (χ1) is 6.68. The predicted octanol–water partition coefficient (Wildman–Crippen LogP) is 1.91. The van der Waals surface area contributed by atoms with Crippen molar-refractivity contribution in [3.8, 4) is 0 Å². The van der Waals surface area contributed by atoms with Gasteiger partial charge in [-0.15, -0.1) is 12.4 Å². The number of carboxylic acids is 1. The molecule has 0 spiro atoms. The third-order valence-electron chi connectivity index (χ3n) is 1.87. The molecule has 0 fully saturated rings. The summed E-state index contributed by atoms with van der Waals surface area (Å²) >= 11 is 0. The Kier molecular flexibility index (Phi) is 3.11. The monoisotopic (exact) mass is 226 g/mol. The minimum atomic E-state index is -1.27. The van der Waals surface area contributed by atoms with Crippen molar-refractivity contribution in [1.29, 1.82) is 0 Å². The maximum absolute atomic E-state index is 11.1. The molecule has 0 aliphatic carbocycles. The van der Waals surface area contributed by atoms with Crippen LogP contribution in [0, 0.1) is 0 Å². The lowest BCUT2D eigenvalue weighted by atomic mass is 10.2. The van der Waals surface area contributed by atoms with Gasteiger partial charge in [-0.3, -0.25) is 0 Å². The molecule has 0 saturated heterocycles. The first kappa shape index (κ1) is 11.3. The number of hydrogen-bond donors (Lipinski definition) is 1. The van der Waals surface area contributed by atoms with E-state index in [1.807, 2.05) is 0 Å². The van der Waals surface area contributed by atoms with Crippen LogP contribution in [0.2, 0.25) is 0 Å². The SMILES string of the molecule is Cl.O=C(O)c1cc2ccccc2oc1=O. The van der Waals surface area contributed by atoms with Gasteiger partial charge in [0.25, 0.3) is 0 Å². The fourth-order valence-electron chi connectivity index (χ4n) is 1.21. The Balaban J connectivity index is 0.00000112. The Labute approximate surface area is 90.6 Å². The molecule has 1 heterocycles. The van der Waals surface area contributed by atoms with E-state index in [-0.39, 0.29) is 18.0 Å². The van der Waals surface area contributed by atoms with E-state index in [9.17, 15) is 9.59 Å². The van der Waals surface area contributed by atoms with Crippen molar-refractivity contribution in [3.05, 3.63) is 46.3 Å². The Morgan fingerprint density at radius 2 is 1.93 bits per heavy atom. The molecule has 0 saturated carbocycles. The topological polar surface area (TPSA) is 67.5 Å². The van der Waals surface area contributed by atoms with E-state index in [2.05, 4.69) is 0 Å². The highest BCUT2D eigenvalue weighted by Gasteiger charge is 2.10. The van der Waals surface area contributed by atoms with Crippen molar-refractivity contribution in [2.75, 3.05) is 0 Å². The maximum Gasteiger partial charge on any atom is 0.351 e. The number of hydrogen-bond acceptors (Lipinski definition) is 3. The van der Waals surface area contributed by atoms with Gasteiger partial charge < -0.3 is 9.52 Å². The van der Waals surface area contributed by atoms with Crippen LogP contribution >= 0.6 is 12.4 Å². The number of aromatic carboxylic acids is 1. The Morgan fingerprint density at radius 3 is 2.60 bits per heavy atom. The molecule has 78 valence electrons. The van der Waals surface area contributed by atoms with Crippen molar-refractivity contribution in [2.24, 2.45) is 0 Å². The minimum Gasteiger partial charge on any atom is -0.477 e. The zero-order valence-electron chi connectivity index (χ0n) is 7.47. The zero-order chi connectivity index (χ0) is 10.1. The minimum absolute atomic E-state index is 0. The normalized spacial score (nSPS) is 9.60. The van der Waals surface area contributed by atoms with E-state index in [4.69, 9.17) is 9.52 Å². The van der Waals surface area contributed by atoms with Gasteiger partial charge in [0.15, 0.2) is 0 Å². The summed E-state index contributed by atoms with van der Waals surface area (Å²) in [6.45, 7) is 0. The Hall–Kier alpha value is -1.81. The van der Waals surface area contributed by atoms with E-state index in [1.165, 1.54) is 6.07 Å². The van der Waals surface area contributed by atoms with Gasteiger partial charge in [0.2, 0.25) is 0 Å². The summed E-state index contributed by atoms with van der Waals surface area (Å²) in [5.41, 5.74) is -0.776. The lowest BCUT2D eigenvalue weighted by molar-refractivity contribution is 0.0692. The summed E-state index contributed by atoms with van der Waals surface area (Å²) in [6.07, 6.45) is 0. The molecule has 15 heavy (non-hydrogen) atoms. The number of rotatable bonds is 1. The van der Waals surface area contributed by atoms with Crippen LogP contribution in [0.15, 0.2) is 39.5 Å². The van der Waals surface area contributed by atoms with Gasteiger partial charge >= 0.3 is 11.6 Å². The smallest absolute Gasteiger partial charge is 0.351 e. The van der Waals surface area contributed by atoms with Crippen LogP contribution in [0.1, 0.15) is 10.4 Å². The van der Waals surface area contributed by atoms with Crippen molar-refractivity contribution in [1.82, 2.24) is 0 Å². The first-order valence-corrected chi connectivity index (χ1v) is 3.94. The van der Waals surface area contributed by atoms with Gasteiger partial charge in [-0.05, 0) is 12.1 Å². The van der Waals surface area contributed by atoms with E-state index in [0.29, 0.717) is 11.0 Å². The standard InChI is InChI=1S/C10H6O4.ClH/c11-9(12)7-5-6-3-1-2-4-8(6)14-10(7)13;/h1-5H,(H,11,12);1H. The molecule has 0 aliphatic heterocycles. The van der Waals surface area contributed by atoms with Gasteiger partial charge in [-0.2, -0.15) is 0 Å². The molecular weight excluding hydrogens is 220 g/mol. The molecule has 2 aromatic rings. The highest BCUT2D eigenvalue weighted by Crippen LogP contribution is 2.12.